The van der Waals surface area contributed by atoms with Gasteiger partial charge in [0.1, 0.15) is 6.54 Å². The highest BCUT2D eigenvalue weighted by Gasteiger charge is 2.30. The van der Waals surface area contributed by atoms with Crippen LogP contribution >= 0.6 is 0 Å². The number of carbonyl (C=O) groups is 2. The van der Waals surface area contributed by atoms with Crippen molar-refractivity contribution in [3.63, 3.8) is 0 Å². The zero-order chi connectivity index (χ0) is 16.0. The van der Waals surface area contributed by atoms with Crippen LogP contribution in [0.4, 0.5) is 4.79 Å². The van der Waals surface area contributed by atoms with Gasteiger partial charge in [-0.3, -0.25) is 4.79 Å². The summed E-state index contributed by atoms with van der Waals surface area (Å²) in [5.74, 6) is -0.325. The summed E-state index contributed by atoms with van der Waals surface area (Å²) < 4.78 is 0. The summed E-state index contributed by atoms with van der Waals surface area (Å²) in [4.78, 5) is 26.7. The number of likely N-dealkylation sites (tertiary alicyclic amines) is 1. The van der Waals surface area contributed by atoms with Crippen molar-refractivity contribution in [1.82, 2.24) is 9.80 Å². The van der Waals surface area contributed by atoms with E-state index in [1.807, 2.05) is 11.8 Å². The van der Waals surface area contributed by atoms with E-state index in [-0.39, 0.29) is 18.0 Å². The number of nitrogens with zero attached hydrogens (tertiary/aromatic N) is 2. The van der Waals surface area contributed by atoms with Crippen molar-refractivity contribution in [3.05, 3.63) is 0 Å². The number of carboxylic acids is 1. The molecule has 0 aromatic rings. The third kappa shape index (κ3) is 5.56. The van der Waals surface area contributed by atoms with Crippen molar-refractivity contribution >= 4 is 12.0 Å². The highest BCUT2D eigenvalue weighted by molar-refractivity contribution is 5.80. The lowest BCUT2D eigenvalue weighted by atomic mass is 9.77. The minimum Gasteiger partial charge on any atom is -0.480 e. The van der Waals surface area contributed by atoms with Crippen molar-refractivity contribution in [1.29, 1.82) is 0 Å². The summed E-state index contributed by atoms with van der Waals surface area (Å²) in [6.07, 6.45) is 3.92. The number of aliphatic carboxylic acids is 1. The molecule has 0 saturated carbocycles. The fourth-order valence-corrected chi connectivity index (χ4v) is 3.03. The standard InChI is InChI=1S/C16H30N2O3/c1-5-9-18(12-14(19)20)15(21)17-10-6-7-13(8-11-17)16(2,3)4/h13H,5-12H2,1-4H3,(H,19,20). The quantitative estimate of drug-likeness (QED) is 0.867. The van der Waals surface area contributed by atoms with Crippen molar-refractivity contribution in [2.75, 3.05) is 26.2 Å². The molecule has 1 heterocycles. The Bertz CT molecular complexity index is 363. The van der Waals surface area contributed by atoms with E-state index >= 15 is 0 Å². The van der Waals surface area contributed by atoms with E-state index in [1.165, 1.54) is 4.90 Å². The topological polar surface area (TPSA) is 60.9 Å². The van der Waals surface area contributed by atoms with Gasteiger partial charge in [-0.2, -0.15) is 0 Å². The normalized spacial score (nSPS) is 20.0. The first kappa shape index (κ1) is 17.8. The number of hydrogen-bond donors (Lipinski definition) is 1. The van der Waals surface area contributed by atoms with Gasteiger partial charge in [0.2, 0.25) is 0 Å². The van der Waals surface area contributed by atoms with Crippen LogP contribution in [0.1, 0.15) is 53.4 Å². The van der Waals surface area contributed by atoms with E-state index in [9.17, 15) is 9.59 Å². The second-order valence-corrected chi connectivity index (χ2v) is 7.08. The molecule has 1 fully saturated rings. The third-order valence-corrected chi connectivity index (χ3v) is 4.31. The summed E-state index contributed by atoms with van der Waals surface area (Å²) in [5.41, 5.74) is 0.267. The van der Waals surface area contributed by atoms with Crippen molar-refractivity contribution in [2.45, 2.75) is 53.4 Å². The number of urea groups is 1. The van der Waals surface area contributed by atoms with Crippen LogP contribution in [0, 0.1) is 11.3 Å². The van der Waals surface area contributed by atoms with E-state index in [4.69, 9.17) is 5.11 Å². The molecule has 1 atom stereocenters. The highest BCUT2D eigenvalue weighted by atomic mass is 16.4. The van der Waals surface area contributed by atoms with Crippen LogP contribution in [0.3, 0.4) is 0 Å². The summed E-state index contributed by atoms with van der Waals surface area (Å²) in [6, 6.07) is -0.117. The molecular weight excluding hydrogens is 268 g/mol. The number of amides is 2. The Labute approximate surface area is 128 Å². The maximum Gasteiger partial charge on any atom is 0.323 e. The second kappa shape index (κ2) is 7.66. The molecule has 1 saturated heterocycles. The van der Waals surface area contributed by atoms with E-state index < -0.39 is 5.97 Å². The molecule has 2 amide bonds. The molecule has 1 unspecified atom stereocenters. The highest BCUT2D eigenvalue weighted by Crippen LogP contribution is 2.34. The Morgan fingerprint density at radius 1 is 1.24 bits per heavy atom. The second-order valence-electron chi connectivity index (χ2n) is 7.08. The van der Waals surface area contributed by atoms with Crippen molar-refractivity contribution in [3.8, 4) is 0 Å². The zero-order valence-electron chi connectivity index (χ0n) is 13.9. The van der Waals surface area contributed by atoms with Crippen LogP contribution in [0.2, 0.25) is 0 Å². The maximum atomic E-state index is 12.5. The van der Waals surface area contributed by atoms with Gasteiger partial charge in [0.15, 0.2) is 0 Å². The Morgan fingerprint density at radius 2 is 1.90 bits per heavy atom. The van der Waals surface area contributed by atoms with Gasteiger partial charge in [-0.05, 0) is 37.0 Å². The van der Waals surface area contributed by atoms with Gasteiger partial charge < -0.3 is 14.9 Å². The van der Waals surface area contributed by atoms with Crippen molar-refractivity contribution in [2.24, 2.45) is 11.3 Å². The number of hydrogen-bond acceptors (Lipinski definition) is 2. The molecule has 5 nitrogen and oxygen atoms in total. The Kier molecular flexibility index (Phi) is 6.49. The first-order valence-electron chi connectivity index (χ1n) is 8.01. The molecule has 21 heavy (non-hydrogen) atoms. The predicted molar refractivity (Wildman–Crippen MR) is 83.3 cm³/mol. The molecular formula is C16H30N2O3. The molecule has 1 rings (SSSR count). The SMILES string of the molecule is CCCN(CC(=O)O)C(=O)N1CCCC(C(C)(C)C)CC1. The minimum absolute atomic E-state index is 0.117. The van der Waals surface area contributed by atoms with Crippen molar-refractivity contribution < 1.29 is 14.7 Å². The summed E-state index contributed by atoms with van der Waals surface area (Å²) in [6.45, 7) is 10.5. The minimum atomic E-state index is -0.945. The van der Waals surface area contributed by atoms with E-state index in [1.54, 1.807) is 0 Å². The van der Waals surface area contributed by atoms with Gasteiger partial charge >= 0.3 is 12.0 Å². The number of rotatable bonds is 4. The first-order valence-corrected chi connectivity index (χ1v) is 8.01. The molecule has 1 aliphatic rings. The van der Waals surface area contributed by atoms with Gasteiger partial charge in [-0.15, -0.1) is 0 Å². The van der Waals surface area contributed by atoms with Gasteiger partial charge in [-0.25, -0.2) is 4.79 Å². The summed E-state index contributed by atoms with van der Waals surface area (Å²) >= 11 is 0. The van der Waals surface area contributed by atoms with E-state index in [2.05, 4.69) is 20.8 Å². The third-order valence-electron chi connectivity index (χ3n) is 4.31. The largest absolute Gasteiger partial charge is 0.480 e. The molecule has 1 aliphatic heterocycles. The van der Waals surface area contributed by atoms with Crippen LogP contribution < -0.4 is 0 Å². The average molecular weight is 298 g/mol. The molecule has 0 aromatic carbocycles. The van der Waals surface area contributed by atoms with Crippen LogP contribution in [0.5, 0.6) is 0 Å². The maximum absolute atomic E-state index is 12.5. The van der Waals surface area contributed by atoms with E-state index in [0.29, 0.717) is 12.5 Å². The summed E-state index contributed by atoms with van der Waals surface area (Å²) in [5, 5.41) is 8.95. The fraction of sp³-hybridized carbons (Fsp3) is 0.875. The molecule has 5 heteroatoms. The monoisotopic (exact) mass is 298 g/mol. The fourth-order valence-electron chi connectivity index (χ4n) is 3.03. The molecule has 0 bridgehead atoms. The number of carboxylic acid groups (broad SMARTS) is 1. The summed E-state index contributed by atoms with van der Waals surface area (Å²) in [7, 11) is 0. The van der Waals surface area contributed by atoms with Crippen LogP contribution in [-0.4, -0.2) is 53.1 Å². The average Bonchev–Trinajstić information content (AvgIpc) is 2.62. The van der Waals surface area contributed by atoms with Gasteiger partial charge in [-0.1, -0.05) is 27.7 Å². The lowest BCUT2D eigenvalue weighted by Gasteiger charge is -2.31. The Morgan fingerprint density at radius 3 is 2.43 bits per heavy atom. The lowest BCUT2D eigenvalue weighted by molar-refractivity contribution is -0.137. The molecule has 0 spiro atoms. The van der Waals surface area contributed by atoms with Gasteiger partial charge in [0.25, 0.3) is 0 Å². The molecule has 0 aliphatic carbocycles. The van der Waals surface area contributed by atoms with Crippen LogP contribution in [0.15, 0.2) is 0 Å². The smallest absolute Gasteiger partial charge is 0.323 e. The Hall–Kier alpha value is -1.26. The molecule has 0 radical (unpaired) electrons. The Balaban J connectivity index is 2.66. The molecule has 1 N–H and O–H groups in total. The molecule has 122 valence electrons. The lowest BCUT2D eigenvalue weighted by Crippen LogP contribution is -2.46. The van der Waals surface area contributed by atoms with Gasteiger partial charge in [0, 0.05) is 19.6 Å². The van der Waals surface area contributed by atoms with E-state index in [0.717, 1.165) is 38.8 Å². The van der Waals surface area contributed by atoms with Crippen LogP contribution in [0.25, 0.3) is 0 Å². The van der Waals surface area contributed by atoms with Gasteiger partial charge in [0.05, 0.1) is 0 Å². The zero-order valence-corrected chi connectivity index (χ0v) is 13.9. The first-order chi connectivity index (χ1) is 9.75. The number of carbonyl (C=O) groups excluding carboxylic acids is 1. The predicted octanol–water partition coefficient (Wildman–Crippen LogP) is 3.05. The van der Waals surface area contributed by atoms with Crippen LogP contribution in [-0.2, 0) is 4.79 Å². The molecule has 0 aromatic heterocycles.